The average molecular weight is 254 g/mol. The lowest BCUT2D eigenvalue weighted by molar-refractivity contribution is 0.315. The number of nitriles is 1. The van der Waals surface area contributed by atoms with Crippen molar-refractivity contribution in [1.82, 2.24) is 0 Å². The Kier molecular flexibility index (Phi) is 4.48. The minimum absolute atomic E-state index is 0.437. The van der Waals surface area contributed by atoms with E-state index in [4.69, 9.17) is 10.00 Å². The molecule has 1 rings (SSSR count). The highest BCUT2D eigenvalue weighted by atomic mass is 79.9. The summed E-state index contributed by atoms with van der Waals surface area (Å²) in [5.74, 6) is 0.841. The second kappa shape index (κ2) is 5.66. The maximum absolute atomic E-state index is 8.52. The number of rotatable bonds is 4. The first kappa shape index (κ1) is 11.1. The molecule has 0 atom stereocenters. The van der Waals surface area contributed by atoms with Crippen molar-refractivity contribution in [3.8, 4) is 11.8 Å². The van der Waals surface area contributed by atoms with Gasteiger partial charge in [-0.15, -0.1) is 0 Å². The molecule has 0 bridgehead atoms. The Morgan fingerprint density at radius 1 is 1.50 bits per heavy atom. The van der Waals surface area contributed by atoms with Gasteiger partial charge in [0.2, 0.25) is 0 Å². The number of hydrogen-bond acceptors (Lipinski definition) is 2. The monoisotopic (exact) mass is 253 g/mol. The fourth-order valence-corrected chi connectivity index (χ4v) is 1.62. The molecule has 0 aliphatic rings. The van der Waals surface area contributed by atoms with Gasteiger partial charge >= 0.3 is 0 Å². The molecule has 74 valence electrons. The van der Waals surface area contributed by atoms with E-state index < -0.39 is 0 Å². The van der Waals surface area contributed by atoms with Crippen LogP contribution < -0.4 is 4.74 Å². The van der Waals surface area contributed by atoms with Crippen LogP contribution in [-0.2, 0) is 6.42 Å². The fourth-order valence-electron chi connectivity index (χ4n) is 1.07. The summed E-state index contributed by atoms with van der Waals surface area (Å²) in [5.41, 5.74) is 1.00. The minimum atomic E-state index is 0.437. The zero-order valence-corrected chi connectivity index (χ0v) is 9.67. The molecule has 3 heteroatoms. The molecule has 0 aromatic heterocycles. The van der Waals surface area contributed by atoms with Crippen molar-refractivity contribution in [3.63, 3.8) is 0 Å². The van der Waals surface area contributed by atoms with Gasteiger partial charge in [-0.25, -0.2) is 0 Å². The zero-order chi connectivity index (χ0) is 10.4. The van der Waals surface area contributed by atoms with Crippen LogP contribution >= 0.6 is 15.9 Å². The van der Waals surface area contributed by atoms with E-state index in [2.05, 4.69) is 28.9 Å². The average Bonchev–Trinajstić information content (AvgIpc) is 2.17. The van der Waals surface area contributed by atoms with Crippen LogP contribution in [0.15, 0.2) is 22.7 Å². The van der Waals surface area contributed by atoms with Crippen LogP contribution in [0.3, 0.4) is 0 Å². The molecule has 0 saturated heterocycles. The van der Waals surface area contributed by atoms with Gasteiger partial charge in [-0.2, -0.15) is 5.26 Å². The molecule has 0 unspecified atom stereocenters. The molecule has 0 spiro atoms. The Bertz CT molecular complexity index is 344. The van der Waals surface area contributed by atoms with Gasteiger partial charge in [0.1, 0.15) is 5.75 Å². The van der Waals surface area contributed by atoms with Crippen molar-refractivity contribution in [2.24, 2.45) is 0 Å². The molecule has 0 aliphatic carbocycles. The smallest absolute Gasteiger partial charge is 0.133 e. The predicted molar refractivity (Wildman–Crippen MR) is 59.2 cm³/mol. The predicted octanol–water partition coefficient (Wildman–Crippen LogP) is 3.30. The lowest BCUT2D eigenvalue weighted by Gasteiger charge is -2.07. The summed E-state index contributed by atoms with van der Waals surface area (Å²) in [4.78, 5) is 0. The molecule has 1 aromatic rings. The summed E-state index contributed by atoms with van der Waals surface area (Å²) < 4.78 is 6.40. The molecule has 0 saturated carbocycles. The van der Waals surface area contributed by atoms with E-state index in [9.17, 15) is 0 Å². The molecule has 0 fully saturated rings. The third-order valence-electron chi connectivity index (χ3n) is 1.74. The van der Waals surface area contributed by atoms with Crippen LogP contribution in [-0.4, -0.2) is 6.61 Å². The molecule has 0 amide bonds. The van der Waals surface area contributed by atoms with E-state index in [1.54, 1.807) is 0 Å². The maximum atomic E-state index is 8.52. The van der Waals surface area contributed by atoms with Crippen LogP contribution in [0.1, 0.15) is 18.9 Å². The Morgan fingerprint density at radius 2 is 2.29 bits per heavy atom. The summed E-state index contributed by atoms with van der Waals surface area (Å²) in [6.45, 7) is 2.79. The summed E-state index contributed by atoms with van der Waals surface area (Å²) in [5, 5.41) is 8.52. The topological polar surface area (TPSA) is 33.0 Å². The normalized spacial score (nSPS) is 9.50. The Labute approximate surface area is 92.6 Å². The first-order valence-corrected chi connectivity index (χ1v) is 5.35. The van der Waals surface area contributed by atoms with Crippen molar-refractivity contribution in [2.75, 3.05) is 6.61 Å². The van der Waals surface area contributed by atoms with E-state index in [1.807, 2.05) is 18.2 Å². The Morgan fingerprint density at radius 3 is 2.86 bits per heavy atom. The van der Waals surface area contributed by atoms with Gasteiger partial charge in [-0.1, -0.05) is 13.0 Å². The number of benzene rings is 1. The van der Waals surface area contributed by atoms with E-state index in [0.717, 1.165) is 28.8 Å². The van der Waals surface area contributed by atoms with Crippen LogP contribution in [0, 0.1) is 11.3 Å². The second-order valence-corrected chi connectivity index (χ2v) is 3.80. The van der Waals surface area contributed by atoms with Crippen LogP contribution in [0.2, 0.25) is 0 Å². The van der Waals surface area contributed by atoms with Crippen LogP contribution in [0.4, 0.5) is 0 Å². The van der Waals surface area contributed by atoms with E-state index in [1.165, 1.54) is 0 Å². The molecule has 0 N–H and O–H groups in total. The summed E-state index contributed by atoms with van der Waals surface area (Å²) in [7, 11) is 0. The summed E-state index contributed by atoms with van der Waals surface area (Å²) >= 11 is 3.41. The summed E-state index contributed by atoms with van der Waals surface area (Å²) in [6.07, 6.45) is 1.43. The van der Waals surface area contributed by atoms with Gasteiger partial charge in [0.05, 0.1) is 23.6 Å². The quantitative estimate of drug-likeness (QED) is 0.825. The van der Waals surface area contributed by atoms with Gasteiger partial charge in [0.25, 0.3) is 0 Å². The van der Waals surface area contributed by atoms with Gasteiger partial charge < -0.3 is 4.74 Å². The Hall–Kier alpha value is -1.01. The molecular formula is C11H12BrNO. The largest absolute Gasteiger partial charge is 0.492 e. The molecule has 2 nitrogen and oxygen atoms in total. The van der Waals surface area contributed by atoms with Crippen molar-refractivity contribution in [1.29, 1.82) is 5.26 Å². The second-order valence-electron chi connectivity index (χ2n) is 2.95. The SMILES string of the molecule is CCCOc1ccc(CC#N)cc1Br. The van der Waals surface area contributed by atoms with Gasteiger partial charge in [-0.3, -0.25) is 0 Å². The molecule has 14 heavy (non-hydrogen) atoms. The lowest BCUT2D eigenvalue weighted by atomic mass is 10.2. The van der Waals surface area contributed by atoms with E-state index in [0.29, 0.717) is 6.42 Å². The molecule has 0 aliphatic heterocycles. The van der Waals surface area contributed by atoms with E-state index in [-0.39, 0.29) is 0 Å². The number of halogens is 1. The Balaban J connectivity index is 2.75. The first-order chi connectivity index (χ1) is 6.77. The standard InChI is InChI=1S/C11H12BrNO/c1-2-7-14-11-4-3-9(5-6-13)8-10(11)12/h3-4,8H,2,5,7H2,1H3. The summed E-state index contributed by atoms with van der Waals surface area (Å²) in [6, 6.07) is 7.85. The highest BCUT2D eigenvalue weighted by Gasteiger charge is 2.01. The third kappa shape index (κ3) is 3.04. The van der Waals surface area contributed by atoms with Crippen LogP contribution in [0.25, 0.3) is 0 Å². The van der Waals surface area contributed by atoms with E-state index >= 15 is 0 Å². The third-order valence-corrected chi connectivity index (χ3v) is 2.36. The van der Waals surface area contributed by atoms with Gasteiger partial charge in [-0.05, 0) is 40.0 Å². The number of hydrogen-bond donors (Lipinski definition) is 0. The van der Waals surface area contributed by atoms with Crippen molar-refractivity contribution in [2.45, 2.75) is 19.8 Å². The molecule has 0 heterocycles. The molecule has 0 radical (unpaired) electrons. The number of nitrogens with zero attached hydrogens (tertiary/aromatic N) is 1. The zero-order valence-electron chi connectivity index (χ0n) is 8.09. The van der Waals surface area contributed by atoms with Crippen LogP contribution in [0.5, 0.6) is 5.75 Å². The van der Waals surface area contributed by atoms with Gasteiger partial charge in [0.15, 0.2) is 0 Å². The molecule has 1 aromatic carbocycles. The highest BCUT2D eigenvalue weighted by Crippen LogP contribution is 2.26. The first-order valence-electron chi connectivity index (χ1n) is 4.56. The fraction of sp³-hybridized carbons (Fsp3) is 0.364. The maximum Gasteiger partial charge on any atom is 0.133 e. The van der Waals surface area contributed by atoms with Crippen molar-refractivity contribution >= 4 is 15.9 Å². The minimum Gasteiger partial charge on any atom is -0.492 e. The molecular weight excluding hydrogens is 242 g/mol. The lowest BCUT2D eigenvalue weighted by Crippen LogP contribution is -1.96. The van der Waals surface area contributed by atoms with Crippen molar-refractivity contribution < 1.29 is 4.74 Å². The van der Waals surface area contributed by atoms with Crippen molar-refractivity contribution in [3.05, 3.63) is 28.2 Å². The number of ether oxygens (including phenoxy) is 1. The highest BCUT2D eigenvalue weighted by molar-refractivity contribution is 9.10. The van der Waals surface area contributed by atoms with Gasteiger partial charge in [0, 0.05) is 0 Å².